The first-order valence-electron chi connectivity index (χ1n) is 10.2. The van der Waals surface area contributed by atoms with Gasteiger partial charge in [-0.05, 0) is 13.8 Å². The van der Waals surface area contributed by atoms with Gasteiger partial charge >= 0.3 is 23.9 Å². The van der Waals surface area contributed by atoms with Gasteiger partial charge in [0.2, 0.25) is 0 Å². The van der Waals surface area contributed by atoms with Gasteiger partial charge in [0.05, 0.1) is 11.8 Å². The third-order valence-electron chi connectivity index (χ3n) is 3.73. The van der Waals surface area contributed by atoms with Crippen molar-refractivity contribution in [2.75, 3.05) is 49.4 Å². The van der Waals surface area contributed by atoms with E-state index in [-0.39, 0.29) is 50.2 Å². The summed E-state index contributed by atoms with van der Waals surface area (Å²) >= 11 is 3.26. The van der Waals surface area contributed by atoms with Gasteiger partial charge in [-0.25, -0.2) is 9.59 Å². The summed E-state index contributed by atoms with van der Waals surface area (Å²) in [5, 5.41) is 0. The fourth-order valence-electron chi connectivity index (χ4n) is 1.86. The number of thioether (sulfide) groups is 2. The lowest BCUT2D eigenvalue weighted by atomic mass is 10.2. The average molecular weight is 491 g/mol. The first-order valence-corrected chi connectivity index (χ1v) is 12.5. The minimum atomic E-state index is -0.506. The molecular formula is C22H34O8S2. The summed E-state index contributed by atoms with van der Waals surface area (Å²) in [7, 11) is 0. The lowest BCUT2D eigenvalue weighted by Gasteiger charge is -2.12. The number of esters is 4. The fourth-order valence-corrected chi connectivity index (χ4v) is 4.11. The van der Waals surface area contributed by atoms with Crippen LogP contribution in [-0.4, -0.2) is 73.3 Å². The zero-order valence-electron chi connectivity index (χ0n) is 19.3. The quantitative estimate of drug-likeness (QED) is 0.131. The van der Waals surface area contributed by atoms with Gasteiger partial charge in [0.1, 0.15) is 26.4 Å². The Morgan fingerprint density at radius 1 is 0.656 bits per heavy atom. The smallest absolute Gasteiger partial charge is 0.333 e. The van der Waals surface area contributed by atoms with Crippen LogP contribution in [0.1, 0.15) is 27.7 Å². The predicted octanol–water partition coefficient (Wildman–Crippen LogP) is 3.05. The van der Waals surface area contributed by atoms with Gasteiger partial charge in [-0.3, -0.25) is 9.59 Å². The second-order valence-electron chi connectivity index (χ2n) is 7.12. The number of carbonyl (C=O) groups excluding carboxylic acids is 4. The van der Waals surface area contributed by atoms with Gasteiger partial charge in [0.25, 0.3) is 0 Å². The first kappa shape index (κ1) is 30.1. The fraction of sp³-hybridized carbons (Fsp3) is 0.636. The van der Waals surface area contributed by atoms with E-state index in [0.29, 0.717) is 22.7 Å². The van der Waals surface area contributed by atoms with Gasteiger partial charge in [-0.15, -0.1) is 0 Å². The van der Waals surface area contributed by atoms with Crippen LogP contribution >= 0.6 is 23.5 Å². The minimum Gasteiger partial charge on any atom is -0.462 e. The summed E-state index contributed by atoms with van der Waals surface area (Å²) in [6.07, 6.45) is 0. The molecule has 0 aromatic heterocycles. The summed E-state index contributed by atoms with van der Waals surface area (Å²) in [5.41, 5.74) is 0.596. The molecule has 2 unspecified atom stereocenters. The Bertz CT molecular complexity index is 606. The van der Waals surface area contributed by atoms with E-state index in [1.54, 1.807) is 51.2 Å². The van der Waals surface area contributed by atoms with Crippen LogP contribution < -0.4 is 0 Å². The topological polar surface area (TPSA) is 105 Å². The molecule has 0 N–H and O–H groups in total. The van der Waals surface area contributed by atoms with Crippen LogP contribution in [0.4, 0.5) is 0 Å². The van der Waals surface area contributed by atoms with Crippen LogP contribution in [0.2, 0.25) is 0 Å². The molecule has 182 valence electrons. The summed E-state index contributed by atoms with van der Waals surface area (Å²) < 4.78 is 19.9. The second-order valence-corrected chi connectivity index (χ2v) is 9.42. The predicted molar refractivity (Wildman–Crippen MR) is 126 cm³/mol. The van der Waals surface area contributed by atoms with Crippen molar-refractivity contribution in [3.05, 3.63) is 24.3 Å². The molecule has 0 saturated heterocycles. The van der Waals surface area contributed by atoms with E-state index in [4.69, 9.17) is 18.9 Å². The first-order chi connectivity index (χ1) is 15.1. The van der Waals surface area contributed by atoms with Crippen molar-refractivity contribution >= 4 is 47.4 Å². The Labute approximate surface area is 198 Å². The largest absolute Gasteiger partial charge is 0.462 e. The molecule has 0 aliphatic heterocycles. The van der Waals surface area contributed by atoms with E-state index in [1.807, 2.05) is 0 Å². The zero-order valence-corrected chi connectivity index (χ0v) is 20.9. The van der Waals surface area contributed by atoms with E-state index < -0.39 is 11.9 Å². The monoisotopic (exact) mass is 490 g/mol. The molecule has 0 aromatic rings. The number of hydrogen-bond donors (Lipinski definition) is 0. The molecule has 0 bridgehead atoms. The van der Waals surface area contributed by atoms with E-state index in [1.165, 1.54) is 0 Å². The highest BCUT2D eigenvalue weighted by Crippen LogP contribution is 2.15. The van der Waals surface area contributed by atoms with Gasteiger partial charge in [0.15, 0.2) is 0 Å². The average Bonchev–Trinajstić information content (AvgIpc) is 2.75. The van der Waals surface area contributed by atoms with Crippen LogP contribution in [-0.2, 0) is 38.1 Å². The Morgan fingerprint density at radius 3 is 1.28 bits per heavy atom. The number of hydrogen-bond acceptors (Lipinski definition) is 10. The van der Waals surface area contributed by atoms with E-state index in [2.05, 4.69) is 13.2 Å². The zero-order chi connectivity index (χ0) is 24.5. The van der Waals surface area contributed by atoms with Crippen molar-refractivity contribution in [3.8, 4) is 0 Å². The Morgan fingerprint density at radius 2 is 0.969 bits per heavy atom. The van der Waals surface area contributed by atoms with Crippen LogP contribution in [0, 0.1) is 11.8 Å². The third kappa shape index (κ3) is 15.0. The molecule has 0 fully saturated rings. The maximum Gasteiger partial charge on any atom is 0.333 e. The van der Waals surface area contributed by atoms with E-state index in [0.717, 1.165) is 11.5 Å². The summed E-state index contributed by atoms with van der Waals surface area (Å²) in [5.74, 6) is 0.682. The third-order valence-corrected chi connectivity index (χ3v) is 6.45. The number of rotatable bonds is 17. The summed E-state index contributed by atoms with van der Waals surface area (Å²) in [6.45, 7) is 13.7. The van der Waals surface area contributed by atoms with Crippen molar-refractivity contribution < 1.29 is 38.1 Å². The molecule has 0 aliphatic carbocycles. The van der Waals surface area contributed by atoms with Crippen LogP contribution in [0.3, 0.4) is 0 Å². The lowest BCUT2D eigenvalue weighted by Crippen LogP contribution is -2.21. The molecule has 8 nitrogen and oxygen atoms in total. The molecule has 32 heavy (non-hydrogen) atoms. The maximum absolute atomic E-state index is 11.9. The number of carbonyl (C=O) groups is 4. The molecule has 0 aliphatic rings. The number of ether oxygens (including phenoxy) is 4. The van der Waals surface area contributed by atoms with Crippen LogP contribution in [0.15, 0.2) is 24.3 Å². The molecule has 0 radical (unpaired) electrons. The normalized spacial score (nSPS) is 12.2. The van der Waals surface area contributed by atoms with Crippen molar-refractivity contribution in [3.63, 3.8) is 0 Å². The van der Waals surface area contributed by atoms with Gasteiger partial charge < -0.3 is 18.9 Å². The molecule has 0 rings (SSSR count). The van der Waals surface area contributed by atoms with Crippen LogP contribution in [0.25, 0.3) is 0 Å². The van der Waals surface area contributed by atoms with Crippen molar-refractivity contribution in [1.29, 1.82) is 0 Å². The van der Waals surface area contributed by atoms with Gasteiger partial charge in [0, 0.05) is 34.2 Å². The summed E-state index contributed by atoms with van der Waals surface area (Å²) in [6, 6.07) is 0. The maximum atomic E-state index is 11.9. The Balaban J connectivity index is 3.75. The highest BCUT2D eigenvalue weighted by molar-refractivity contribution is 8.02. The molecule has 0 amide bonds. The van der Waals surface area contributed by atoms with E-state index >= 15 is 0 Å². The molecule has 0 spiro atoms. The van der Waals surface area contributed by atoms with Gasteiger partial charge in [-0.1, -0.05) is 27.0 Å². The molecule has 0 heterocycles. The van der Waals surface area contributed by atoms with Gasteiger partial charge in [-0.2, -0.15) is 23.5 Å². The second kappa shape index (κ2) is 17.6. The summed E-state index contributed by atoms with van der Waals surface area (Å²) in [4.78, 5) is 46.2. The Kier molecular flexibility index (Phi) is 16.5. The standard InChI is InChI=1S/C22H34O8S2/c1-15(2)19(23)27-7-9-29-21(25)17(5)13-31-11-12-32-14-18(6)22(26)30-10-8-28-20(24)16(3)4/h17-18H,1,3,7-14H2,2,4-6H3. The minimum absolute atomic E-state index is 0.00813. The molecule has 2 atom stereocenters. The van der Waals surface area contributed by atoms with Crippen molar-refractivity contribution in [2.24, 2.45) is 11.8 Å². The SMILES string of the molecule is C=C(C)C(=O)OCCOC(=O)C(C)CSCCSCC(C)C(=O)OCCOC(=O)C(=C)C. The highest BCUT2D eigenvalue weighted by Gasteiger charge is 2.16. The van der Waals surface area contributed by atoms with Crippen molar-refractivity contribution in [2.45, 2.75) is 27.7 Å². The van der Waals surface area contributed by atoms with Crippen LogP contribution in [0.5, 0.6) is 0 Å². The molecule has 0 aromatic carbocycles. The molecule has 10 heteroatoms. The molecular weight excluding hydrogens is 456 g/mol. The highest BCUT2D eigenvalue weighted by atomic mass is 32.2. The Hall–Kier alpha value is -1.94. The van der Waals surface area contributed by atoms with E-state index in [9.17, 15) is 19.2 Å². The molecule has 0 saturated carbocycles. The lowest BCUT2D eigenvalue weighted by molar-refractivity contribution is -0.152. The van der Waals surface area contributed by atoms with Crippen molar-refractivity contribution in [1.82, 2.24) is 0 Å².